The molecule has 1 atom stereocenters. The number of nitro benzene ring substituents is 1. The number of benzene rings is 1. The molecule has 0 radical (unpaired) electrons. The van der Waals surface area contributed by atoms with Crippen LogP contribution in [0.5, 0.6) is 11.5 Å². The van der Waals surface area contributed by atoms with Crippen molar-refractivity contribution in [2.75, 3.05) is 0 Å². The number of hydrogen-bond donors (Lipinski definition) is 3. The molecule has 94 valence electrons. The van der Waals surface area contributed by atoms with Crippen LogP contribution >= 0.6 is 0 Å². The lowest BCUT2D eigenvalue weighted by atomic mass is 9.97. The number of nitrogens with zero attached hydrogens (tertiary/aromatic N) is 1. The van der Waals surface area contributed by atoms with Gasteiger partial charge in [0.2, 0.25) is 5.75 Å². The van der Waals surface area contributed by atoms with Gasteiger partial charge in [-0.25, -0.2) is 0 Å². The van der Waals surface area contributed by atoms with E-state index in [9.17, 15) is 20.3 Å². The highest BCUT2D eigenvalue weighted by molar-refractivity contribution is 5.56. The minimum atomic E-state index is -0.749. The van der Waals surface area contributed by atoms with E-state index < -0.39 is 28.2 Å². The zero-order valence-corrected chi connectivity index (χ0v) is 9.75. The minimum absolute atomic E-state index is 0.333. The second kappa shape index (κ2) is 5.01. The van der Waals surface area contributed by atoms with Crippen molar-refractivity contribution >= 4 is 5.69 Å². The van der Waals surface area contributed by atoms with E-state index >= 15 is 0 Å². The van der Waals surface area contributed by atoms with Gasteiger partial charge in [-0.05, 0) is 24.0 Å². The van der Waals surface area contributed by atoms with Crippen LogP contribution < -0.4 is 5.73 Å². The molecule has 0 amide bonds. The Hall–Kier alpha value is -1.82. The summed E-state index contributed by atoms with van der Waals surface area (Å²) in [6, 6.07) is 2.05. The molecule has 4 N–H and O–H groups in total. The van der Waals surface area contributed by atoms with Gasteiger partial charge in [0, 0.05) is 12.1 Å². The Labute approximate surface area is 98.8 Å². The lowest BCUT2D eigenvalue weighted by Gasteiger charge is -2.14. The first-order valence-electron chi connectivity index (χ1n) is 5.28. The highest BCUT2D eigenvalue weighted by atomic mass is 16.6. The molecule has 0 bridgehead atoms. The molecule has 6 nitrogen and oxygen atoms in total. The standard InChI is InChI=1S/C11H16N2O4/c1-6(2)3-8(12)7-4-9(13(16)17)11(15)10(14)5-7/h4-6,8,14-15H,3,12H2,1-2H3/t8-/m1/s1. The second-order valence-electron chi connectivity index (χ2n) is 4.40. The first-order chi connectivity index (χ1) is 7.82. The quantitative estimate of drug-likeness (QED) is 0.424. The fraction of sp³-hybridized carbons (Fsp3) is 0.455. The fourth-order valence-electron chi connectivity index (χ4n) is 1.62. The van der Waals surface area contributed by atoms with Gasteiger partial charge in [-0.15, -0.1) is 0 Å². The monoisotopic (exact) mass is 240 g/mol. The van der Waals surface area contributed by atoms with Crippen LogP contribution in [0, 0.1) is 16.0 Å². The smallest absolute Gasteiger partial charge is 0.314 e. The maximum Gasteiger partial charge on any atom is 0.314 e. The lowest BCUT2D eigenvalue weighted by molar-refractivity contribution is -0.386. The average molecular weight is 240 g/mol. The van der Waals surface area contributed by atoms with Crippen molar-refractivity contribution in [2.45, 2.75) is 26.3 Å². The van der Waals surface area contributed by atoms with E-state index in [1.807, 2.05) is 13.8 Å². The number of hydrogen-bond acceptors (Lipinski definition) is 5. The largest absolute Gasteiger partial charge is 0.504 e. The third-order valence-corrected chi connectivity index (χ3v) is 2.44. The Bertz CT molecular complexity index is 432. The van der Waals surface area contributed by atoms with E-state index in [1.54, 1.807) is 0 Å². The summed E-state index contributed by atoms with van der Waals surface area (Å²) >= 11 is 0. The molecule has 0 aliphatic heterocycles. The summed E-state index contributed by atoms with van der Waals surface area (Å²) in [6.07, 6.45) is 0.640. The number of phenols is 2. The van der Waals surface area contributed by atoms with E-state index in [0.717, 1.165) is 0 Å². The summed E-state index contributed by atoms with van der Waals surface area (Å²) in [5.74, 6) is -0.913. The first-order valence-corrected chi connectivity index (χ1v) is 5.28. The van der Waals surface area contributed by atoms with Gasteiger partial charge in [0.15, 0.2) is 5.75 Å². The Morgan fingerprint density at radius 3 is 2.47 bits per heavy atom. The van der Waals surface area contributed by atoms with Crippen LogP contribution in [-0.2, 0) is 0 Å². The number of nitro groups is 1. The number of nitrogens with two attached hydrogens (primary N) is 1. The fourth-order valence-corrected chi connectivity index (χ4v) is 1.62. The van der Waals surface area contributed by atoms with Crippen LogP contribution in [0.2, 0.25) is 0 Å². The number of aromatic hydroxyl groups is 2. The minimum Gasteiger partial charge on any atom is -0.504 e. The third kappa shape index (κ3) is 3.07. The highest BCUT2D eigenvalue weighted by Crippen LogP contribution is 2.38. The van der Waals surface area contributed by atoms with Crippen molar-refractivity contribution in [3.63, 3.8) is 0 Å². The summed E-state index contributed by atoms with van der Waals surface area (Å²) in [5, 5.41) is 29.4. The summed E-state index contributed by atoms with van der Waals surface area (Å²) in [5.41, 5.74) is 5.79. The highest BCUT2D eigenvalue weighted by Gasteiger charge is 2.21. The van der Waals surface area contributed by atoms with Crippen molar-refractivity contribution in [3.8, 4) is 11.5 Å². The molecule has 0 saturated carbocycles. The molecule has 1 aromatic carbocycles. The molecule has 0 aliphatic carbocycles. The third-order valence-electron chi connectivity index (χ3n) is 2.44. The summed E-state index contributed by atoms with van der Waals surface area (Å²) in [6.45, 7) is 3.96. The van der Waals surface area contributed by atoms with Gasteiger partial charge >= 0.3 is 5.69 Å². The van der Waals surface area contributed by atoms with Gasteiger partial charge in [0.1, 0.15) is 0 Å². The molecule has 0 aliphatic rings. The maximum atomic E-state index is 10.7. The van der Waals surface area contributed by atoms with Crippen LogP contribution in [0.15, 0.2) is 12.1 Å². The predicted molar refractivity (Wildman–Crippen MR) is 62.8 cm³/mol. The van der Waals surface area contributed by atoms with Crippen molar-refractivity contribution in [3.05, 3.63) is 27.8 Å². The molecule has 0 fully saturated rings. The van der Waals surface area contributed by atoms with E-state index in [4.69, 9.17) is 5.73 Å². The topological polar surface area (TPSA) is 110 Å². The lowest BCUT2D eigenvalue weighted by Crippen LogP contribution is -2.13. The number of phenolic OH excluding ortho intramolecular Hbond substituents is 2. The van der Waals surface area contributed by atoms with Crippen LogP contribution in [0.25, 0.3) is 0 Å². The Balaban J connectivity index is 3.14. The van der Waals surface area contributed by atoms with Gasteiger partial charge in [-0.1, -0.05) is 13.8 Å². The molecule has 17 heavy (non-hydrogen) atoms. The van der Waals surface area contributed by atoms with Gasteiger partial charge in [-0.2, -0.15) is 0 Å². The average Bonchev–Trinajstić information content (AvgIpc) is 2.20. The molecular weight excluding hydrogens is 224 g/mol. The normalized spacial score (nSPS) is 12.7. The maximum absolute atomic E-state index is 10.7. The van der Waals surface area contributed by atoms with Gasteiger partial charge < -0.3 is 15.9 Å². The van der Waals surface area contributed by atoms with Crippen LogP contribution in [0.3, 0.4) is 0 Å². The Morgan fingerprint density at radius 2 is 2.00 bits per heavy atom. The number of rotatable bonds is 4. The van der Waals surface area contributed by atoms with E-state index in [1.165, 1.54) is 12.1 Å². The van der Waals surface area contributed by atoms with Crippen molar-refractivity contribution < 1.29 is 15.1 Å². The predicted octanol–water partition coefficient (Wildman–Crippen LogP) is 2.05. The molecular formula is C11H16N2O4. The van der Waals surface area contributed by atoms with Crippen LogP contribution in [-0.4, -0.2) is 15.1 Å². The molecule has 1 rings (SSSR count). The second-order valence-corrected chi connectivity index (χ2v) is 4.40. The molecule has 0 unspecified atom stereocenters. The molecule has 0 spiro atoms. The van der Waals surface area contributed by atoms with E-state index in [0.29, 0.717) is 17.9 Å². The van der Waals surface area contributed by atoms with Crippen LogP contribution in [0.4, 0.5) is 5.69 Å². The summed E-state index contributed by atoms with van der Waals surface area (Å²) < 4.78 is 0. The zero-order valence-electron chi connectivity index (χ0n) is 9.75. The molecule has 1 aromatic rings. The summed E-state index contributed by atoms with van der Waals surface area (Å²) in [4.78, 5) is 9.92. The van der Waals surface area contributed by atoms with Crippen molar-refractivity contribution in [1.29, 1.82) is 0 Å². The Morgan fingerprint density at radius 1 is 1.41 bits per heavy atom. The molecule has 6 heteroatoms. The van der Waals surface area contributed by atoms with Crippen molar-refractivity contribution in [2.24, 2.45) is 11.7 Å². The molecule has 0 saturated heterocycles. The molecule has 0 heterocycles. The van der Waals surface area contributed by atoms with E-state index in [2.05, 4.69) is 0 Å². The zero-order chi connectivity index (χ0) is 13.2. The van der Waals surface area contributed by atoms with Crippen molar-refractivity contribution in [1.82, 2.24) is 0 Å². The van der Waals surface area contributed by atoms with Gasteiger partial charge in [-0.3, -0.25) is 10.1 Å². The summed E-state index contributed by atoms with van der Waals surface area (Å²) in [7, 11) is 0. The van der Waals surface area contributed by atoms with Gasteiger partial charge in [0.05, 0.1) is 4.92 Å². The molecule has 0 aromatic heterocycles. The Kier molecular flexibility index (Phi) is 3.90. The van der Waals surface area contributed by atoms with Crippen LogP contribution in [0.1, 0.15) is 31.9 Å². The van der Waals surface area contributed by atoms with E-state index in [-0.39, 0.29) is 0 Å². The SMILES string of the molecule is CC(C)C[C@@H](N)c1cc(O)c(O)c([N+](=O)[O-])c1. The van der Waals surface area contributed by atoms with Gasteiger partial charge in [0.25, 0.3) is 0 Å². The first kappa shape index (κ1) is 13.2.